The molecule has 144 valence electrons. The molecule has 0 fully saturated rings. The fraction of sp³-hybridized carbons (Fsp3) is 0.176. The van der Waals surface area contributed by atoms with Gasteiger partial charge in [-0.2, -0.15) is 10.2 Å². The van der Waals surface area contributed by atoms with Crippen molar-refractivity contribution >= 4 is 35.6 Å². The summed E-state index contributed by atoms with van der Waals surface area (Å²) in [6, 6.07) is 10.0. The van der Waals surface area contributed by atoms with E-state index in [4.69, 9.17) is 36.1 Å². The number of aromatic amines is 2. The number of benzene rings is 1. The SMILES string of the molecule is CC1=C(c2n[nH]c(=S)n2N)C(c2ccccc2)C(c2n[nH]c(=S)n2N)=C(C)N1. The minimum Gasteiger partial charge on any atom is -0.362 e. The molecule has 1 aliphatic heterocycles. The molecule has 11 heteroatoms. The van der Waals surface area contributed by atoms with Crippen LogP contribution < -0.4 is 17.0 Å². The molecule has 2 aromatic heterocycles. The number of rotatable bonds is 3. The molecule has 0 bridgehead atoms. The summed E-state index contributed by atoms with van der Waals surface area (Å²) in [6.45, 7) is 3.95. The van der Waals surface area contributed by atoms with Crippen molar-refractivity contribution < 1.29 is 0 Å². The number of nitrogens with zero attached hydrogens (tertiary/aromatic N) is 4. The van der Waals surface area contributed by atoms with Gasteiger partial charge in [-0.1, -0.05) is 30.3 Å². The summed E-state index contributed by atoms with van der Waals surface area (Å²) in [5.74, 6) is 13.2. The van der Waals surface area contributed by atoms with Gasteiger partial charge in [-0.05, 0) is 43.8 Å². The molecule has 0 saturated carbocycles. The first kappa shape index (κ1) is 18.2. The third kappa shape index (κ3) is 2.75. The Kier molecular flexibility index (Phi) is 4.40. The number of hydrogen-bond donors (Lipinski definition) is 5. The lowest BCUT2D eigenvalue weighted by atomic mass is 9.79. The van der Waals surface area contributed by atoms with Crippen LogP contribution >= 0.6 is 24.4 Å². The second-order valence-corrected chi connectivity index (χ2v) is 7.26. The molecule has 0 saturated heterocycles. The summed E-state index contributed by atoms with van der Waals surface area (Å²) in [5, 5.41) is 17.6. The molecule has 28 heavy (non-hydrogen) atoms. The lowest BCUT2D eigenvalue weighted by Crippen LogP contribution is -2.28. The number of allylic oxidation sites excluding steroid dienone is 4. The third-order valence-electron chi connectivity index (χ3n) is 4.78. The maximum atomic E-state index is 6.16. The van der Waals surface area contributed by atoms with Crippen molar-refractivity contribution in [2.45, 2.75) is 19.8 Å². The van der Waals surface area contributed by atoms with Crippen LogP contribution in [0.2, 0.25) is 0 Å². The summed E-state index contributed by atoms with van der Waals surface area (Å²) in [4.78, 5) is 0. The fourth-order valence-corrected chi connectivity index (χ4v) is 3.82. The van der Waals surface area contributed by atoms with E-state index in [0.717, 1.165) is 28.1 Å². The number of aromatic nitrogens is 6. The molecular weight excluding hydrogens is 394 g/mol. The summed E-state index contributed by atoms with van der Waals surface area (Å²) < 4.78 is 3.39. The number of nitrogens with one attached hydrogen (secondary N) is 3. The van der Waals surface area contributed by atoms with Crippen LogP contribution in [0, 0.1) is 9.54 Å². The molecule has 0 spiro atoms. The van der Waals surface area contributed by atoms with Gasteiger partial charge in [-0.25, -0.2) is 19.5 Å². The molecule has 4 rings (SSSR count). The third-order valence-corrected chi connectivity index (χ3v) is 5.36. The number of nitrogens with two attached hydrogens (primary N) is 2. The summed E-state index contributed by atoms with van der Waals surface area (Å²) in [7, 11) is 0. The highest BCUT2D eigenvalue weighted by molar-refractivity contribution is 7.71. The molecule has 0 atom stereocenters. The van der Waals surface area contributed by atoms with Crippen LogP contribution in [-0.2, 0) is 0 Å². The minimum absolute atomic E-state index is 0.234. The van der Waals surface area contributed by atoms with Crippen molar-refractivity contribution in [1.29, 1.82) is 0 Å². The fourth-order valence-electron chi connectivity index (χ4n) is 3.56. The Balaban J connectivity index is 2.02. The summed E-state index contributed by atoms with van der Waals surface area (Å²) >= 11 is 10.4. The first-order valence-corrected chi connectivity index (χ1v) is 9.31. The average molecular weight is 414 g/mol. The monoisotopic (exact) mass is 413 g/mol. The molecule has 1 aliphatic rings. The molecule has 0 amide bonds. The smallest absolute Gasteiger partial charge is 0.214 e. The molecule has 3 heterocycles. The van der Waals surface area contributed by atoms with E-state index in [1.165, 1.54) is 9.35 Å². The quantitative estimate of drug-likeness (QED) is 0.328. The van der Waals surface area contributed by atoms with Gasteiger partial charge in [0.1, 0.15) is 0 Å². The lowest BCUT2D eigenvalue weighted by Gasteiger charge is -2.31. The molecule has 3 aromatic rings. The van der Waals surface area contributed by atoms with Crippen molar-refractivity contribution in [2.75, 3.05) is 11.7 Å². The molecule has 9 nitrogen and oxygen atoms in total. The van der Waals surface area contributed by atoms with Crippen LogP contribution in [0.3, 0.4) is 0 Å². The van der Waals surface area contributed by atoms with Gasteiger partial charge >= 0.3 is 0 Å². The van der Waals surface area contributed by atoms with Gasteiger partial charge < -0.3 is 17.0 Å². The Morgan fingerprint density at radius 2 is 1.32 bits per heavy atom. The molecule has 0 unspecified atom stereocenters. The van der Waals surface area contributed by atoms with Crippen LogP contribution in [0.4, 0.5) is 0 Å². The first-order chi connectivity index (χ1) is 13.4. The van der Waals surface area contributed by atoms with Crippen molar-refractivity contribution in [1.82, 2.24) is 35.1 Å². The van der Waals surface area contributed by atoms with E-state index in [9.17, 15) is 0 Å². The zero-order valence-corrected chi connectivity index (χ0v) is 16.9. The number of nitrogen functional groups attached to an aromatic ring is 2. The van der Waals surface area contributed by atoms with Gasteiger partial charge in [0.2, 0.25) is 9.54 Å². The largest absolute Gasteiger partial charge is 0.362 e. The minimum atomic E-state index is -0.234. The van der Waals surface area contributed by atoms with Crippen LogP contribution in [-0.4, -0.2) is 29.7 Å². The van der Waals surface area contributed by atoms with E-state index in [-0.39, 0.29) is 5.92 Å². The molecular formula is C17H19N9S2. The van der Waals surface area contributed by atoms with Crippen molar-refractivity contribution in [3.8, 4) is 0 Å². The number of hydrogen-bond acceptors (Lipinski definition) is 7. The standard InChI is InChI=1S/C17H19N9S2/c1-8-11(14-21-23-16(27)25(14)18)13(10-6-4-3-5-7-10)12(9(2)20-8)15-22-24-17(28)26(15)19/h3-7,13,20H,18-19H2,1-2H3,(H,23,27)(H,24,28). The zero-order valence-electron chi connectivity index (χ0n) is 15.2. The highest BCUT2D eigenvalue weighted by Gasteiger charge is 2.35. The van der Waals surface area contributed by atoms with E-state index < -0.39 is 0 Å². The normalized spacial score (nSPS) is 15.2. The maximum absolute atomic E-state index is 6.16. The van der Waals surface area contributed by atoms with Gasteiger partial charge in [0, 0.05) is 28.5 Å². The van der Waals surface area contributed by atoms with Crippen LogP contribution in [0.25, 0.3) is 11.1 Å². The van der Waals surface area contributed by atoms with Gasteiger partial charge in [0.15, 0.2) is 11.6 Å². The Labute approximate surface area is 170 Å². The molecule has 0 radical (unpaired) electrons. The van der Waals surface area contributed by atoms with E-state index in [2.05, 4.69) is 25.7 Å². The van der Waals surface area contributed by atoms with Gasteiger partial charge in [0.25, 0.3) is 0 Å². The van der Waals surface area contributed by atoms with Crippen molar-refractivity contribution in [3.05, 3.63) is 68.5 Å². The highest BCUT2D eigenvalue weighted by Crippen LogP contribution is 2.45. The average Bonchev–Trinajstić information content (AvgIpc) is 3.18. The van der Waals surface area contributed by atoms with E-state index in [1.807, 2.05) is 44.2 Å². The van der Waals surface area contributed by atoms with Gasteiger partial charge in [0.05, 0.1) is 0 Å². The second kappa shape index (κ2) is 6.77. The highest BCUT2D eigenvalue weighted by atomic mass is 32.1. The topological polar surface area (TPSA) is 131 Å². The van der Waals surface area contributed by atoms with Crippen molar-refractivity contribution in [2.24, 2.45) is 0 Å². The predicted molar refractivity (Wildman–Crippen MR) is 113 cm³/mol. The summed E-state index contributed by atoms with van der Waals surface area (Å²) in [5.41, 5.74) is 4.60. The van der Waals surface area contributed by atoms with E-state index >= 15 is 0 Å². The Bertz CT molecular complexity index is 1150. The summed E-state index contributed by atoms with van der Waals surface area (Å²) in [6.07, 6.45) is 0. The Hall–Kier alpha value is -3.18. The van der Waals surface area contributed by atoms with Crippen LogP contribution in [0.15, 0.2) is 41.7 Å². The number of H-pyrrole nitrogens is 2. The lowest BCUT2D eigenvalue weighted by molar-refractivity contribution is 0.841. The zero-order chi connectivity index (χ0) is 20.0. The van der Waals surface area contributed by atoms with E-state index in [0.29, 0.717) is 21.2 Å². The van der Waals surface area contributed by atoms with E-state index in [1.54, 1.807) is 0 Å². The van der Waals surface area contributed by atoms with Crippen LogP contribution in [0.5, 0.6) is 0 Å². The van der Waals surface area contributed by atoms with Crippen LogP contribution in [0.1, 0.15) is 37.0 Å². The Morgan fingerprint density at radius 1 is 0.857 bits per heavy atom. The Morgan fingerprint density at radius 3 is 1.71 bits per heavy atom. The molecule has 7 N–H and O–H groups in total. The van der Waals surface area contributed by atoms with Crippen molar-refractivity contribution in [3.63, 3.8) is 0 Å². The predicted octanol–water partition coefficient (Wildman–Crippen LogP) is 2.17. The molecule has 0 aliphatic carbocycles. The van der Waals surface area contributed by atoms with Gasteiger partial charge in [-0.15, -0.1) is 0 Å². The van der Waals surface area contributed by atoms with Gasteiger partial charge in [-0.3, -0.25) is 0 Å². The maximum Gasteiger partial charge on any atom is 0.214 e. The number of dihydropyridines is 1. The molecule has 1 aromatic carbocycles. The first-order valence-electron chi connectivity index (χ1n) is 8.49. The second-order valence-electron chi connectivity index (χ2n) is 6.49.